The maximum Gasteiger partial charge on any atom is 0.108 e. The van der Waals surface area contributed by atoms with E-state index in [0.29, 0.717) is 6.54 Å². The molecule has 0 amide bonds. The van der Waals surface area contributed by atoms with E-state index in [1.807, 2.05) is 42.1 Å². The van der Waals surface area contributed by atoms with Gasteiger partial charge in [-0.1, -0.05) is 29.8 Å². The Morgan fingerprint density at radius 2 is 2.00 bits per heavy atom. The molecule has 2 aromatic carbocycles. The Morgan fingerprint density at radius 3 is 2.77 bits per heavy atom. The number of halogens is 1. The van der Waals surface area contributed by atoms with Crippen LogP contribution in [-0.4, -0.2) is 17.3 Å². The maximum atomic E-state index is 9.50. The molecular formula is C21H20ClN3S. The molecule has 3 nitrogen and oxygen atoms in total. The number of amidine groups is 1. The minimum atomic E-state index is 0.0176. The van der Waals surface area contributed by atoms with Gasteiger partial charge < -0.3 is 5.32 Å². The van der Waals surface area contributed by atoms with Crippen molar-refractivity contribution in [1.29, 1.82) is 5.26 Å². The van der Waals surface area contributed by atoms with Gasteiger partial charge in [0.2, 0.25) is 0 Å². The average Bonchev–Trinajstić information content (AvgIpc) is 2.67. The number of thioether (sulfide) groups is 1. The highest BCUT2D eigenvalue weighted by Gasteiger charge is 2.42. The standard InChI is InChI=1S/C21H20ClN3S/c22-17-5-1-3-15(11-17)14-24-20-21(7-9-26-10-8-21)12-18-16(13-23)4-2-6-19(18)25-20/h1-6,11H,7-10,12,14H2,(H,24,25). The van der Waals surface area contributed by atoms with Gasteiger partial charge in [0.15, 0.2) is 0 Å². The minimum Gasteiger partial charge on any atom is -0.343 e. The van der Waals surface area contributed by atoms with Gasteiger partial charge in [-0.25, -0.2) is 0 Å². The van der Waals surface area contributed by atoms with Crippen molar-refractivity contribution in [3.8, 4) is 6.07 Å². The van der Waals surface area contributed by atoms with Gasteiger partial charge in [-0.05, 0) is 66.2 Å². The molecule has 0 bridgehead atoms. The highest BCUT2D eigenvalue weighted by molar-refractivity contribution is 7.99. The molecule has 0 atom stereocenters. The zero-order valence-electron chi connectivity index (χ0n) is 14.5. The third-order valence-corrected chi connectivity index (χ3v) is 6.55. The van der Waals surface area contributed by atoms with E-state index in [4.69, 9.17) is 16.6 Å². The molecule has 0 radical (unpaired) electrons. The van der Waals surface area contributed by atoms with Crippen LogP contribution in [-0.2, 0) is 13.0 Å². The van der Waals surface area contributed by atoms with Gasteiger partial charge in [0.1, 0.15) is 5.84 Å². The van der Waals surface area contributed by atoms with E-state index in [0.717, 1.165) is 64.0 Å². The second-order valence-corrected chi connectivity index (χ2v) is 8.59. The third kappa shape index (κ3) is 3.34. The summed E-state index contributed by atoms with van der Waals surface area (Å²) in [6.07, 6.45) is 3.09. The van der Waals surface area contributed by atoms with Gasteiger partial charge in [0.25, 0.3) is 0 Å². The number of nitriles is 1. The summed E-state index contributed by atoms with van der Waals surface area (Å²) in [6, 6.07) is 16.1. The Labute approximate surface area is 163 Å². The Hall–Kier alpha value is -1.96. The number of hydrogen-bond donors (Lipinski definition) is 1. The van der Waals surface area contributed by atoms with Crippen molar-refractivity contribution in [2.75, 3.05) is 16.8 Å². The Kier molecular flexibility index (Phi) is 4.93. The maximum absolute atomic E-state index is 9.50. The molecule has 1 fully saturated rings. The largest absolute Gasteiger partial charge is 0.343 e. The molecule has 26 heavy (non-hydrogen) atoms. The summed E-state index contributed by atoms with van der Waals surface area (Å²) in [5.41, 5.74) is 4.08. The van der Waals surface area contributed by atoms with Gasteiger partial charge in [-0.15, -0.1) is 0 Å². The SMILES string of the molecule is N#Cc1cccc2c1CC1(CCSCC1)C(=NCc1cccc(Cl)c1)N2. The van der Waals surface area contributed by atoms with Crippen LogP contribution in [0.5, 0.6) is 0 Å². The van der Waals surface area contributed by atoms with Crippen LogP contribution in [0.3, 0.4) is 0 Å². The smallest absolute Gasteiger partial charge is 0.108 e. The fraction of sp³-hybridized carbons (Fsp3) is 0.333. The van der Waals surface area contributed by atoms with Crippen LogP contribution in [0.25, 0.3) is 0 Å². The van der Waals surface area contributed by atoms with Crippen molar-refractivity contribution in [2.24, 2.45) is 10.4 Å². The summed E-state index contributed by atoms with van der Waals surface area (Å²) in [7, 11) is 0. The molecular weight excluding hydrogens is 362 g/mol. The first-order valence-electron chi connectivity index (χ1n) is 8.86. The van der Waals surface area contributed by atoms with Crippen LogP contribution in [0.2, 0.25) is 5.02 Å². The number of nitrogens with zero attached hydrogens (tertiary/aromatic N) is 2. The van der Waals surface area contributed by atoms with Crippen molar-refractivity contribution in [3.05, 3.63) is 64.2 Å². The summed E-state index contributed by atoms with van der Waals surface area (Å²) in [5, 5.41) is 13.8. The monoisotopic (exact) mass is 381 g/mol. The number of fused-ring (bicyclic) bond motifs is 1. The number of rotatable bonds is 2. The quantitative estimate of drug-likeness (QED) is 0.768. The van der Waals surface area contributed by atoms with Crippen molar-refractivity contribution in [3.63, 3.8) is 0 Å². The molecule has 132 valence electrons. The number of anilines is 1. The molecule has 4 rings (SSSR count). The summed E-state index contributed by atoms with van der Waals surface area (Å²) in [6.45, 7) is 0.616. The van der Waals surface area contributed by atoms with E-state index in [1.165, 1.54) is 0 Å². The summed E-state index contributed by atoms with van der Waals surface area (Å²) < 4.78 is 0. The normalized spacial score (nSPS) is 19.6. The Morgan fingerprint density at radius 1 is 1.19 bits per heavy atom. The summed E-state index contributed by atoms with van der Waals surface area (Å²) in [4.78, 5) is 4.98. The van der Waals surface area contributed by atoms with Gasteiger partial charge in [-0.3, -0.25) is 4.99 Å². The zero-order chi connectivity index (χ0) is 18.0. The second kappa shape index (κ2) is 7.34. The zero-order valence-corrected chi connectivity index (χ0v) is 16.0. The van der Waals surface area contributed by atoms with Crippen LogP contribution in [0.15, 0.2) is 47.5 Å². The average molecular weight is 382 g/mol. The fourth-order valence-electron chi connectivity index (χ4n) is 3.87. The lowest BCUT2D eigenvalue weighted by atomic mass is 9.72. The Balaban J connectivity index is 1.71. The molecule has 0 aromatic heterocycles. The lowest BCUT2D eigenvalue weighted by Gasteiger charge is -2.42. The number of aliphatic imine (C=N–C) groups is 1. The first-order valence-corrected chi connectivity index (χ1v) is 10.4. The van der Waals surface area contributed by atoms with Crippen molar-refractivity contribution in [1.82, 2.24) is 0 Å². The van der Waals surface area contributed by atoms with Gasteiger partial charge in [-0.2, -0.15) is 17.0 Å². The molecule has 1 saturated heterocycles. The molecule has 0 saturated carbocycles. The summed E-state index contributed by atoms with van der Waals surface area (Å²) >= 11 is 8.12. The number of hydrogen-bond acceptors (Lipinski definition) is 3. The van der Waals surface area contributed by atoms with E-state index in [9.17, 15) is 5.26 Å². The summed E-state index contributed by atoms with van der Waals surface area (Å²) in [5.74, 6) is 3.35. The van der Waals surface area contributed by atoms with E-state index in [2.05, 4.69) is 23.5 Å². The first kappa shape index (κ1) is 17.5. The molecule has 2 aliphatic heterocycles. The lowest BCUT2D eigenvalue weighted by Crippen LogP contribution is -2.44. The highest BCUT2D eigenvalue weighted by Crippen LogP contribution is 2.45. The molecule has 2 aromatic rings. The molecule has 1 spiro atoms. The van der Waals surface area contributed by atoms with Crippen molar-refractivity contribution < 1.29 is 0 Å². The minimum absolute atomic E-state index is 0.0176. The molecule has 1 N–H and O–H groups in total. The molecule has 0 unspecified atom stereocenters. The van der Waals surface area contributed by atoms with E-state index < -0.39 is 0 Å². The predicted octanol–water partition coefficient (Wildman–Crippen LogP) is 5.29. The highest BCUT2D eigenvalue weighted by atomic mass is 35.5. The van der Waals surface area contributed by atoms with Crippen molar-refractivity contribution >= 4 is 34.9 Å². The molecule has 2 aliphatic rings. The van der Waals surface area contributed by atoms with Crippen LogP contribution in [0, 0.1) is 16.7 Å². The van der Waals surface area contributed by atoms with Crippen LogP contribution in [0.4, 0.5) is 5.69 Å². The topological polar surface area (TPSA) is 48.2 Å². The van der Waals surface area contributed by atoms with Gasteiger partial charge in [0, 0.05) is 16.1 Å². The Bertz CT molecular complexity index is 894. The van der Waals surface area contributed by atoms with E-state index in [-0.39, 0.29) is 5.41 Å². The van der Waals surface area contributed by atoms with Crippen LogP contribution < -0.4 is 5.32 Å². The molecule has 5 heteroatoms. The van der Waals surface area contributed by atoms with Crippen LogP contribution >= 0.6 is 23.4 Å². The molecule has 0 aliphatic carbocycles. The second-order valence-electron chi connectivity index (χ2n) is 6.93. The van der Waals surface area contributed by atoms with E-state index >= 15 is 0 Å². The molecule has 2 heterocycles. The fourth-order valence-corrected chi connectivity index (χ4v) is 5.36. The van der Waals surface area contributed by atoms with E-state index in [1.54, 1.807) is 0 Å². The predicted molar refractivity (Wildman–Crippen MR) is 110 cm³/mol. The van der Waals surface area contributed by atoms with Crippen molar-refractivity contribution in [2.45, 2.75) is 25.8 Å². The van der Waals surface area contributed by atoms with Gasteiger partial charge >= 0.3 is 0 Å². The third-order valence-electron chi connectivity index (χ3n) is 5.33. The number of benzene rings is 2. The lowest BCUT2D eigenvalue weighted by molar-refractivity contribution is 0.377. The van der Waals surface area contributed by atoms with Gasteiger partial charge in [0.05, 0.1) is 18.2 Å². The van der Waals surface area contributed by atoms with Crippen LogP contribution in [0.1, 0.15) is 29.5 Å². The first-order chi connectivity index (χ1) is 12.7. The number of nitrogens with one attached hydrogen (secondary N) is 1.